The third kappa shape index (κ3) is 5.69. The Hall–Kier alpha value is -2.84. The first-order chi connectivity index (χ1) is 15.4. The molecule has 4 rings (SSSR count). The second-order valence-corrected chi connectivity index (χ2v) is 9.70. The third-order valence-corrected chi connectivity index (χ3v) is 6.78. The second kappa shape index (κ2) is 9.75. The van der Waals surface area contributed by atoms with Crippen LogP contribution < -0.4 is 10.6 Å². The minimum absolute atomic E-state index is 0.179. The van der Waals surface area contributed by atoms with Crippen molar-refractivity contribution in [3.8, 4) is 0 Å². The summed E-state index contributed by atoms with van der Waals surface area (Å²) in [5.41, 5.74) is 4.09. The number of rotatable bonds is 6. The van der Waals surface area contributed by atoms with Crippen molar-refractivity contribution in [3.63, 3.8) is 0 Å². The number of hydrogen-bond donors (Lipinski definition) is 2. The minimum atomic E-state index is -0.179. The molecule has 168 valence electrons. The first-order valence-corrected chi connectivity index (χ1v) is 11.9. The number of carbonyl (C=O) groups excluding carboxylic acids is 1. The van der Waals surface area contributed by atoms with Crippen LogP contribution in [0.5, 0.6) is 0 Å². The first kappa shape index (κ1) is 22.4. The van der Waals surface area contributed by atoms with E-state index < -0.39 is 0 Å². The Labute approximate surface area is 193 Å². The Morgan fingerprint density at radius 2 is 1.81 bits per heavy atom. The molecule has 7 nitrogen and oxygen atoms in total. The average Bonchev–Trinajstić information content (AvgIpc) is 3.07. The van der Waals surface area contributed by atoms with Crippen molar-refractivity contribution < 1.29 is 4.79 Å². The fourth-order valence-electron chi connectivity index (χ4n) is 3.87. The molecule has 32 heavy (non-hydrogen) atoms. The van der Waals surface area contributed by atoms with Crippen LogP contribution in [-0.4, -0.2) is 38.8 Å². The van der Waals surface area contributed by atoms with Gasteiger partial charge >= 0.3 is 0 Å². The molecule has 2 aromatic heterocycles. The smallest absolute Gasteiger partial charge is 0.257 e. The van der Waals surface area contributed by atoms with Gasteiger partial charge in [-0.15, -0.1) is 11.3 Å². The van der Waals surface area contributed by atoms with Crippen molar-refractivity contribution in [2.45, 2.75) is 47.1 Å². The number of likely N-dealkylation sites (tertiary alicyclic amines) is 1. The summed E-state index contributed by atoms with van der Waals surface area (Å²) >= 11 is 1.57. The number of thiazole rings is 1. The number of anilines is 3. The number of hydrogen-bond acceptors (Lipinski definition) is 7. The van der Waals surface area contributed by atoms with Crippen LogP contribution in [0.3, 0.4) is 0 Å². The number of piperidine rings is 1. The van der Waals surface area contributed by atoms with Crippen LogP contribution in [-0.2, 0) is 6.54 Å². The SMILES string of the molecule is Cc1cc(C)nc(Nc2cccc(C(=O)Nc3nc(C)c(CN4CCC(C)CC4)s3)c2)n1. The summed E-state index contributed by atoms with van der Waals surface area (Å²) in [6, 6.07) is 9.25. The summed E-state index contributed by atoms with van der Waals surface area (Å²) in [5.74, 6) is 1.16. The normalized spacial score (nSPS) is 15.0. The second-order valence-electron chi connectivity index (χ2n) is 8.62. The number of aryl methyl sites for hydroxylation is 3. The summed E-state index contributed by atoms with van der Waals surface area (Å²) in [4.78, 5) is 30.0. The monoisotopic (exact) mass is 450 g/mol. The summed E-state index contributed by atoms with van der Waals surface area (Å²) in [5, 5.41) is 6.79. The van der Waals surface area contributed by atoms with E-state index in [9.17, 15) is 4.79 Å². The zero-order valence-corrected chi connectivity index (χ0v) is 19.9. The van der Waals surface area contributed by atoms with Crippen LogP contribution in [0.1, 0.15) is 52.1 Å². The van der Waals surface area contributed by atoms with Crippen molar-refractivity contribution in [1.29, 1.82) is 0 Å². The lowest BCUT2D eigenvalue weighted by molar-refractivity contribution is 0.102. The summed E-state index contributed by atoms with van der Waals surface area (Å²) in [6.07, 6.45) is 2.50. The molecule has 0 radical (unpaired) electrons. The number of nitrogens with one attached hydrogen (secondary N) is 2. The maximum Gasteiger partial charge on any atom is 0.257 e. The van der Waals surface area contributed by atoms with Gasteiger partial charge in [-0.05, 0) is 76.9 Å². The van der Waals surface area contributed by atoms with E-state index in [1.165, 1.54) is 17.7 Å². The van der Waals surface area contributed by atoms with E-state index in [4.69, 9.17) is 0 Å². The molecule has 0 unspecified atom stereocenters. The van der Waals surface area contributed by atoms with Gasteiger partial charge in [0.1, 0.15) is 0 Å². The Bertz CT molecular complexity index is 1080. The minimum Gasteiger partial charge on any atom is -0.324 e. The number of carbonyl (C=O) groups is 1. The molecule has 3 heterocycles. The highest BCUT2D eigenvalue weighted by molar-refractivity contribution is 7.15. The molecule has 1 fully saturated rings. The molecule has 0 spiro atoms. The number of nitrogens with zero attached hydrogens (tertiary/aromatic N) is 4. The molecule has 1 aromatic carbocycles. The highest BCUT2D eigenvalue weighted by Crippen LogP contribution is 2.27. The fourth-order valence-corrected chi connectivity index (χ4v) is 4.87. The lowest BCUT2D eigenvalue weighted by atomic mass is 9.99. The summed E-state index contributed by atoms with van der Waals surface area (Å²) < 4.78 is 0. The van der Waals surface area contributed by atoms with E-state index in [-0.39, 0.29) is 5.91 Å². The predicted molar refractivity (Wildman–Crippen MR) is 130 cm³/mol. The molecule has 1 amide bonds. The summed E-state index contributed by atoms with van der Waals surface area (Å²) in [7, 11) is 0. The molecular formula is C24H30N6OS. The Morgan fingerprint density at radius 3 is 2.53 bits per heavy atom. The van der Waals surface area contributed by atoms with Crippen molar-refractivity contribution >= 4 is 34.0 Å². The molecule has 0 bridgehead atoms. The molecule has 1 aliphatic rings. The van der Waals surface area contributed by atoms with Gasteiger partial charge < -0.3 is 5.32 Å². The van der Waals surface area contributed by atoms with E-state index in [1.54, 1.807) is 23.5 Å². The van der Waals surface area contributed by atoms with Crippen LogP contribution in [0, 0.1) is 26.7 Å². The van der Waals surface area contributed by atoms with E-state index in [1.807, 2.05) is 39.0 Å². The number of amides is 1. The van der Waals surface area contributed by atoms with E-state index in [0.717, 1.165) is 48.3 Å². The van der Waals surface area contributed by atoms with Gasteiger partial charge in [-0.25, -0.2) is 15.0 Å². The van der Waals surface area contributed by atoms with E-state index >= 15 is 0 Å². The van der Waals surface area contributed by atoms with Gasteiger partial charge in [0.15, 0.2) is 5.13 Å². The molecule has 1 saturated heterocycles. The quantitative estimate of drug-likeness (QED) is 0.545. The molecule has 3 aromatic rings. The lowest BCUT2D eigenvalue weighted by Gasteiger charge is -2.29. The van der Waals surface area contributed by atoms with Crippen molar-refractivity contribution in [3.05, 3.63) is 57.9 Å². The maximum absolute atomic E-state index is 12.9. The molecule has 0 aliphatic carbocycles. The van der Waals surface area contributed by atoms with Gasteiger partial charge in [0.2, 0.25) is 5.95 Å². The molecule has 2 N–H and O–H groups in total. The lowest BCUT2D eigenvalue weighted by Crippen LogP contribution is -2.32. The molecule has 0 saturated carbocycles. The Kier molecular flexibility index (Phi) is 6.81. The zero-order valence-electron chi connectivity index (χ0n) is 19.1. The van der Waals surface area contributed by atoms with Gasteiger partial charge in [0.25, 0.3) is 5.91 Å². The van der Waals surface area contributed by atoms with Gasteiger partial charge in [0.05, 0.1) is 5.69 Å². The zero-order chi connectivity index (χ0) is 22.7. The standard InChI is InChI=1S/C24H30N6OS/c1-15-8-10-30(11-9-15)14-21-18(4)27-24(32-21)29-22(31)19-6-5-7-20(13-19)28-23-25-16(2)12-17(3)26-23/h5-7,12-13,15H,8-11,14H2,1-4H3,(H,25,26,28)(H,27,29,31). The molecule has 8 heteroatoms. The van der Waals surface area contributed by atoms with Crippen molar-refractivity contribution in [2.24, 2.45) is 5.92 Å². The first-order valence-electron chi connectivity index (χ1n) is 11.0. The van der Waals surface area contributed by atoms with Crippen molar-refractivity contribution in [2.75, 3.05) is 23.7 Å². The van der Waals surface area contributed by atoms with Gasteiger partial charge in [0, 0.05) is 34.1 Å². The third-order valence-electron chi connectivity index (χ3n) is 5.72. The van der Waals surface area contributed by atoms with Crippen LogP contribution in [0.25, 0.3) is 0 Å². The average molecular weight is 451 g/mol. The van der Waals surface area contributed by atoms with Crippen LogP contribution >= 0.6 is 11.3 Å². The summed E-state index contributed by atoms with van der Waals surface area (Å²) in [6.45, 7) is 11.4. The highest BCUT2D eigenvalue weighted by Gasteiger charge is 2.19. The largest absolute Gasteiger partial charge is 0.324 e. The van der Waals surface area contributed by atoms with Gasteiger partial charge in [-0.1, -0.05) is 13.0 Å². The maximum atomic E-state index is 12.9. The molecular weight excluding hydrogens is 420 g/mol. The van der Waals surface area contributed by atoms with Crippen LogP contribution in [0.15, 0.2) is 30.3 Å². The fraction of sp³-hybridized carbons (Fsp3) is 0.417. The van der Waals surface area contributed by atoms with Crippen LogP contribution in [0.4, 0.5) is 16.8 Å². The van der Waals surface area contributed by atoms with Crippen molar-refractivity contribution in [1.82, 2.24) is 19.9 Å². The van der Waals surface area contributed by atoms with Crippen LogP contribution in [0.2, 0.25) is 0 Å². The van der Waals surface area contributed by atoms with Gasteiger partial charge in [-0.2, -0.15) is 0 Å². The Morgan fingerprint density at radius 1 is 1.09 bits per heavy atom. The molecule has 1 aliphatic heterocycles. The van der Waals surface area contributed by atoms with E-state index in [0.29, 0.717) is 16.6 Å². The predicted octanol–water partition coefficient (Wildman–Crippen LogP) is 5.09. The van der Waals surface area contributed by atoms with E-state index in [2.05, 4.69) is 37.4 Å². The van der Waals surface area contributed by atoms with Gasteiger partial charge in [-0.3, -0.25) is 15.0 Å². The Balaban J connectivity index is 1.41. The highest BCUT2D eigenvalue weighted by atomic mass is 32.1. The molecule has 0 atom stereocenters. The number of benzene rings is 1. The topological polar surface area (TPSA) is 83.0 Å². The number of aromatic nitrogens is 3.